The van der Waals surface area contributed by atoms with Crippen LogP contribution in [0.3, 0.4) is 0 Å². The maximum atomic E-state index is 16.0. The van der Waals surface area contributed by atoms with E-state index in [0.29, 0.717) is 41.9 Å². The van der Waals surface area contributed by atoms with Crippen molar-refractivity contribution in [3.05, 3.63) is 167 Å². The number of rotatable bonds is 11. The number of phenols is 1. The lowest BCUT2D eigenvalue weighted by atomic mass is 9.88. The average Bonchev–Trinajstić information content (AvgIpc) is 3.72. The Morgan fingerprint density at radius 3 is 1.97 bits per heavy atom. The van der Waals surface area contributed by atoms with Crippen LogP contribution >= 0.6 is 0 Å². The number of aromatic hydroxyl groups is 1. The highest BCUT2D eigenvalue weighted by atomic mass is 19.1. The lowest BCUT2D eigenvalue weighted by molar-refractivity contribution is -0.163. The number of hydrogen-bond donors (Lipinski definition) is 3. The highest BCUT2D eigenvalue weighted by Crippen LogP contribution is 2.34. The molecular formula is C68H81FN6O14. The standard InChI is InChI=1S/C68H81FN6O14/c1-68(2)41-61(78)75-33-17-14-22-55(75)67(84)89-57(30-26-48-27-31-58(85-6)59(37-48)86-7)49-38-50(69)40-52(39-49)87-43-62(79)74(5)56(36-47-24-28-51(76)29-25-47)64(81)71-54(35-46-20-12-9-13-21-46)66(83)73(4)42-60(77)70-53(34-45-18-10-8-11-19-45)65(82)72(3)32-16-15-23-63(80)88-44-68/h8-13,15,18-21,23-25,27-29,31,37-40,53-57,76H,14,16-17,22,26,30,32-36,41-44H2,1-7H3,(H,70,77)(H,71,81)/b23-15+/t53-,54-,55+,56+,57-/m1/s1. The molecule has 3 N–H and O–H groups in total. The lowest BCUT2D eigenvalue weighted by Gasteiger charge is -2.37. The summed E-state index contributed by atoms with van der Waals surface area (Å²) in [7, 11) is 7.36. The van der Waals surface area contributed by atoms with Crippen molar-refractivity contribution < 1.29 is 71.5 Å². The number of methoxy groups -OCH3 is 2. The molecule has 0 aromatic heterocycles. The summed E-state index contributed by atoms with van der Waals surface area (Å²) in [6, 6.07) is 28.3. The lowest BCUT2D eigenvalue weighted by Crippen LogP contribution is -2.57. The Morgan fingerprint density at radius 1 is 0.674 bits per heavy atom. The summed E-state index contributed by atoms with van der Waals surface area (Å²) in [5, 5.41) is 15.8. The minimum absolute atomic E-state index is 0.0301. The van der Waals surface area contributed by atoms with Gasteiger partial charge in [-0.3, -0.25) is 28.8 Å². The summed E-state index contributed by atoms with van der Waals surface area (Å²) in [6.07, 6.45) is 3.73. The summed E-state index contributed by atoms with van der Waals surface area (Å²) in [5.41, 5.74) is 2.04. The molecule has 0 radical (unpaired) electrons. The van der Waals surface area contributed by atoms with Crippen LogP contribution in [0.15, 0.2) is 133 Å². The molecule has 2 bridgehead atoms. The van der Waals surface area contributed by atoms with Crippen LogP contribution in [0.5, 0.6) is 23.0 Å². The number of phenolic OH excluding ortho intramolecular Hbond substituents is 1. The fraction of sp³-hybridized carbons (Fsp3) is 0.412. The molecule has 5 aromatic rings. The first-order valence-corrected chi connectivity index (χ1v) is 29.8. The predicted octanol–water partition coefficient (Wildman–Crippen LogP) is 6.89. The van der Waals surface area contributed by atoms with Gasteiger partial charge in [-0.05, 0) is 103 Å². The van der Waals surface area contributed by atoms with Crippen molar-refractivity contribution in [3.63, 3.8) is 0 Å². The van der Waals surface area contributed by atoms with Crippen molar-refractivity contribution >= 4 is 47.4 Å². The molecule has 2 aliphatic rings. The second-order valence-corrected chi connectivity index (χ2v) is 23.3. The number of benzene rings is 5. The molecule has 474 valence electrons. The van der Waals surface area contributed by atoms with Crippen molar-refractivity contribution in [2.45, 2.75) is 108 Å². The van der Waals surface area contributed by atoms with Crippen molar-refractivity contribution in [2.75, 3.05) is 68.2 Å². The Hall–Kier alpha value is -9.27. The quantitative estimate of drug-likeness (QED) is 0.114. The molecule has 0 spiro atoms. The molecule has 1 saturated heterocycles. The monoisotopic (exact) mass is 1220 g/mol. The zero-order valence-electron chi connectivity index (χ0n) is 51.6. The number of halogens is 1. The van der Waals surface area contributed by atoms with Gasteiger partial charge >= 0.3 is 11.9 Å². The molecule has 1 fully saturated rings. The van der Waals surface area contributed by atoms with Gasteiger partial charge in [0.05, 0.1) is 27.4 Å². The Labute approximate surface area is 519 Å². The molecule has 0 unspecified atom stereocenters. The third-order valence-electron chi connectivity index (χ3n) is 15.7. The molecule has 5 atom stereocenters. The van der Waals surface area contributed by atoms with Crippen LogP contribution in [-0.2, 0) is 73.5 Å². The zero-order valence-corrected chi connectivity index (χ0v) is 51.6. The number of esters is 2. The molecular weight excluding hydrogens is 1140 g/mol. The van der Waals surface area contributed by atoms with E-state index < -0.39 is 96.1 Å². The van der Waals surface area contributed by atoms with Gasteiger partial charge in [-0.2, -0.15) is 0 Å². The van der Waals surface area contributed by atoms with Gasteiger partial charge in [-0.25, -0.2) is 14.0 Å². The number of cyclic esters (lactones) is 2. The zero-order chi connectivity index (χ0) is 64.2. The third-order valence-corrected chi connectivity index (χ3v) is 15.7. The maximum absolute atomic E-state index is 16.0. The van der Waals surface area contributed by atoms with Crippen LogP contribution in [0.25, 0.3) is 0 Å². The van der Waals surface area contributed by atoms with Crippen molar-refractivity contribution in [2.24, 2.45) is 5.41 Å². The van der Waals surface area contributed by atoms with Crippen molar-refractivity contribution in [1.82, 2.24) is 30.2 Å². The average molecular weight is 1230 g/mol. The first-order chi connectivity index (χ1) is 42.6. The third kappa shape index (κ3) is 19.9. The molecule has 0 saturated carbocycles. The van der Waals surface area contributed by atoms with Crippen molar-refractivity contribution in [1.29, 1.82) is 0 Å². The summed E-state index contributed by atoms with van der Waals surface area (Å²) >= 11 is 0. The minimum atomic E-state index is -1.31. The number of nitrogens with one attached hydrogen (secondary N) is 2. The second-order valence-electron chi connectivity index (χ2n) is 23.3. The number of likely N-dealkylation sites (N-methyl/N-ethyl adjacent to an activating group) is 3. The SMILES string of the molecule is COc1ccc(CC[C@H]2OC(=O)[C@@H]3CCCCN3C(=O)CC(C)(C)COC(=O)/C=C/CCN(C)C(=O)[C@@H](Cc3ccccc3)NC(=O)CN(C)C(=O)[C@@H](Cc3ccccc3)NC(=O)[C@H](Cc3ccc(O)cc3)N(C)C(=O)COc3cc(F)cc2c3)cc1OC. The van der Waals surface area contributed by atoms with E-state index in [1.54, 1.807) is 93.7 Å². The summed E-state index contributed by atoms with van der Waals surface area (Å²) in [6.45, 7) is 2.56. The highest BCUT2D eigenvalue weighted by molar-refractivity contribution is 5.95. The van der Waals surface area contributed by atoms with Crippen LogP contribution < -0.4 is 24.8 Å². The Morgan fingerprint density at radius 2 is 1.30 bits per heavy atom. The highest BCUT2D eigenvalue weighted by Gasteiger charge is 2.38. The predicted molar refractivity (Wildman–Crippen MR) is 329 cm³/mol. The Kier molecular flexibility index (Phi) is 24.3. The van der Waals surface area contributed by atoms with E-state index in [9.17, 15) is 43.5 Å². The fourth-order valence-corrected chi connectivity index (χ4v) is 10.7. The smallest absolute Gasteiger partial charge is 0.330 e. The van der Waals surface area contributed by atoms with Crippen LogP contribution in [0, 0.1) is 11.2 Å². The number of hydrogen-bond acceptors (Lipinski definition) is 14. The van der Waals surface area contributed by atoms with E-state index >= 15 is 4.39 Å². The Balaban J connectivity index is 1.22. The first-order valence-electron chi connectivity index (χ1n) is 29.8. The number of ether oxygens (including phenoxy) is 5. The number of carbonyl (C=O) groups is 8. The Bertz CT molecular complexity index is 3290. The van der Waals surface area contributed by atoms with Gasteiger partial charge in [0.25, 0.3) is 5.91 Å². The number of fused-ring (bicyclic) bond motifs is 3. The van der Waals surface area contributed by atoms with E-state index in [-0.39, 0.29) is 87.6 Å². The molecule has 20 nitrogen and oxygen atoms in total. The molecule has 21 heteroatoms. The van der Waals surface area contributed by atoms with Gasteiger partial charge < -0.3 is 59.0 Å². The van der Waals surface area contributed by atoms with E-state index in [4.69, 9.17) is 23.7 Å². The van der Waals surface area contributed by atoms with Gasteiger partial charge in [0, 0.05) is 77.5 Å². The maximum Gasteiger partial charge on any atom is 0.330 e. The number of aryl methyl sites for hydroxylation is 1. The van der Waals surface area contributed by atoms with E-state index in [2.05, 4.69) is 10.6 Å². The molecule has 6 amide bonds. The van der Waals surface area contributed by atoms with Crippen LogP contribution in [-0.4, -0.2) is 164 Å². The molecule has 2 heterocycles. The number of carbonyl (C=O) groups excluding carboxylic acids is 8. The van der Waals surface area contributed by atoms with Gasteiger partial charge in [-0.15, -0.1) is 0 Å². The topological polar surface area (TPSA) is 240 Å². The van der Waals surface area contributed by atoms with Crippen molar-refractivity contribution in [3.8, 4) is 23.0 Å². The first kappa shape index (κ1) is 67.2. The molecule has 2 aliphatic heterocycles. The van der Waals surface area contributed by atoms with E-state index in [1.165, 1.54) is 68.5 Å². The van der Waals surface area contributed by atoms with Gasteiger partial charge in [-0.1, -0.05) is 98.8 Å². The number of piperidine rings is 1. The molecule has 89 heavy (non-hydrogen) atoms. The molecule has 0 aliphatic carbocycles. The largest absolute Gasteiger partial charge is 0.508 e. The van der Waals surface area contributed by atoms with Gasteiger partial charge in [0.1, 0.15) is 47.6 Å². The molecule has 7 rings (SSSR count). The summed E-state index contributed by atoms with van der Waals surface area (Å²) in [4.78, 5) is 119. The molecule has 5 aromatic carbocycles. The van der Waals surface area contributed by atoms with Crippen LogP contribution in [0.4, 0.5) is 4.39 Å². The van der Waals surface area contributed by atoms with Crippen LogP contribution in [0.1, 0.15) is 86.3 Å². The summed E-state index contributed by atoms with van der Waals surface area (Å²) in [5.74, 6) is -4.97. The second kappa shape index (κ2) is 32.1. The van der Waals surface area contributed by atoms with E-state index in [1.807, 2.05) is 24.3 Å². The fourth-order valence-electron chi connectivity index (χ4n) is 10.7. The normalized spacial score (nSPS) is 21.5. The number of amides is 6. The number of nitrogens with zero attached hydrogens (tertiary/aromatic N) is 4. The van der Waals surface area contributed by atoms with Gasteiger partial charge in [0.2, 0.25) is 29.5 Å². The minimum Gasteiger partial charge on any atom is -0.508 e. The van der Waals surface area contributed by atoms with E-state index in [0.717, 1.165) is 27.0 Å². The summed E-state index contributed by atoms with van der Waals surface area (Å²) < 4.78 is 44.9. The van der Waals surface area contributed by atoms with Crippen LogP contribution in [0.2, 0.25) is 0 Å². The van der Waals surface area contributed by atoms with Gasteiger partial charge in [0.15, 0.2) is 18.1 Å².